The number of likely N-dealkylation sites (N-methyl/N-ethyl adjacent to an activating group) is 1. The zero-order valence-electron chi connectivity index (χ0n) is 10.7. The van der Waals surface area contributed by atoms with Gasteiger partial charge >= 0.3 is 0 Å². The van der Waals surface area contributed by atoms with E-state index >= 15 is 0 Å². The monoisotopic (exact) mass is 236 g/mol. The first kappa shape index (κ1) is 13.4. The Hall–Kier alpha value is -1.62. The molecule has 0 aromatic carbocycles. The zero-order chi connectivity index (χ0) is 12.7. The molecule has 5 heteroatoms. The Morgan fingerprint density at radius 2 is 2.18 bits per heavy atom. The van der Waals surface area contributed by atoms with Crippen LogP contribution >= 0.6 is 0 Å². The van der Waals surface area contributed by atoms with Crippen LogP contribution in [0.5, 0.6) is 0 Å². The first-order valence-electron chi connectivity index (χ1n) is 5.76. The number of hydrogen-bond acceptors (Lipinski definition) is 4. The van der Waals surface area contributed by atoms with Crippen molar-refractivity contribution >= 4 is 11.7 Å². The molecule has 1 rings (SSSR count). The van der Waals surface area contributed by atoms with Gasteiger partial charge in [0.1, 0.15) is 5.82 Å². The summed E-state index contributed by atoms with van der Waals surface area (Å²) >= 11 is 0. The van der Waals surface area contributed by atoms with Gasteiger partial charge in [0.2, 0.25) is 0 Å². The number of carbonyl (C=O) groups is 1. The summed E-state index contributed by atoms with van der Waals surface area (Å²) in [5.41, 5.74) is 0.588. The van der Waals surface area contributed by atoms with Crippen molar-refractivity contribution in [3.63, 3.8) is 0 Å². The van der Waals surface area contributed by atoms with Crippen LogP contribution in [0.15, 0.2) is 18.3 Å². The van der Waals surface area contributed by atoms with E-state index in [-0.39, 0.29) is 5.91 Å². The summed E-state index contributed by atoms with van der Waals surface area (Å²) in [5, 5.41) is 5.92. The van der Waals surface area contributed by atoms with Crippen LogP contribution < -0.4 is 10.6 Å². The maximum Gasteiger partial charge on any atom is 0.252 e. The van der Waals surface area contributed by atoms with Crippen molar-refractivity contribution in [3.8, 4) is 0 Å². The second-order valence-corrected chi connectivity index (χ2v) is 4.02. The molecule has 0 atom stereocenters. The molecule has 1 aromatic rings. The first-order valence-corrected chi connectivity index (χ1v) is 5.76. The van der Waals surface area contributed by atoms with Crippen molar-refractivity contribution < 1.29 is 4.79 Å². The second-order valence-electron chi connectivity index (χ2n) is 4.02. The van der Waals surface area contributed by atoms with Gasteiger partial charge in [0.05, 0.1) is 5.56 Å². The van der Waals surface area contributed by atoms with E-state index in [1.54, 1.807) is 12.3 Å². The molecule has 0 aliphatic heterocycles. The lowest BCUT2D eigenvalue weighted by molar-refractivity contribution is 0.0950. The third kappa shape index (κ3) is 4.82. The lowest BCUT2D eigenvalue weighted by atomic mass is 10.2. The predicted molar refractivity (Wildman–Crippen MR) is 69.3 cm³/mol. The largest absolute Gasteiger partial charge is 0.370 e. The van der Waals surface area contributed by atoms with Gasteiger partial charge in [-0.1, -0.05) is 0 Å². The van der Waals surface area contributed by atoms with E-state index in [0.29, 0.717) is 12.1 Å². The van der Waals surface area contributed by atoms with Crippen LogP contribution in [0.4, 0.5) is 5.82 Å². The van der Waals surface area contributed by atoms with Gasteiger partial charge in [0.15, 0.2) is 0 Å². The molecule has 94 valence electrons. The minimum atomic E-state index is -0.0811. The van der Waals surface area contributed by atoms with Crippen molar-refractivity contribution in [1.82, 2.24) is 15.2 Å². The van der Waals surface area contributed by atoms with E-state index in [2.05, 4.69) is 15.6 Å². The van der Waals surface area contributed by atoms with Gasteiger partial charge in [-0.25, -0.2) is 4.98 Å². The fraction of sp³-hybridized carbons (Fsp3) is 0.500. The Balaban J connectivity index is 2.46. The first-order chi connectivity index (χ1) is 8.13. The molecule has 1 heterocycles. The molecule has 0 saturated carbocycles. The van der Waals surface area contributed by atoms with Crippen LogP contribution in [0.3, 0.4) is 0 Å². The van der Waals surface area contributed by atoms with Gasteiger partial charge < -0.3 is 15.5 Å². The number of aromatic nitrogens is 1. The molecule has 0 spiro atoms. The number of carbonyl (C=O) groups excluding carboxylic acids is 1. The summed E-state index contributed by atoms with van der Waals surface area (Å²) in [6.45, 7) is 4.29. The number of hydrogen-bond donors (Lipinski definition) is 2. The number of pyridine rings is 1. The molecule has 0 aliphatic carbocycles. The fourth-order valence-corrected chi connectivity index (χ4v) is 1.31. The van der Waals surface area contributed by atoms with Crippen molar-refractivity contribution in [2.45, 2.75) is 6.92 Å². The van der Waals surface area contributed by atoms with E-state index in [4.69, 9.17) is 0 Å². The van der Waals surface area contributed by atoms with Crippen molar-refractivity contribution in [3.05, 3.63) is 23.9 Å². The second kappa shape index (κ2) is 6.85. The third-order valence-corrected chi connectivity index (χ3v) is 2.23. The van der Waals surface area contributed by atoms with Crippen LogP contribution in [-0.2, 0) is 0 Å². The van der Waals surface area contributed by atoms with E-state index in [9.17, 15) is 4.79 Å². The lowest BCUT2D eigenvalue weighted by Crippen LogP contribution is -2.31. The molecule has 0 bridgehead atoms. The highest BCUT2D eigenvalue weighted by Gasteiger charge is 2.05. The molecule has 2 N–H and O–H groups in total. The summed E-state index contributed by atoms with van der Waals surface area (Å²) in [7, 11) is 3.94. The topological polar surface area (TPSA) is 57.3 Å². The van der Waals surface area contributed by atoms with E-state index < -0.39 is 0 Å². The van der Waals surface area contributed by atoms with Crippen LogP contribution in [0.25, 0.3) is 0 Å². The summed E-state index contributed by atoms with van der Waals surface area (Å²) in [6.07, 6.45) is 1.59. The summed E-state index contributed by atoms with van der Waals surface area (Å²) in [5.74, 6) is 0.708. The lowest BCUT2D eigenvalue weighted by Gasteiger charge is -2.10. The number of amides is 1. The van der Waals surface area contributed by atoms with Crippen molar-refractivity contribution in [1.29, 1.82) is 0 Å². The molecule has 0 fully saturated rings. The molecule has 1 aromatic heterocycles. The number of nitrogens with one attached hydrogen (secondary N) is 2. The average molecular weight is 236 g/mol. The van der Waals surface area contributed by atoms with Gasteiger partial charge in [0, 0.05) is 25.8 Å². The zero-order valence-corrected chi connectivity index (χ0v) is 10.7. The maximum absolute atomic E-state index is 11.7. The average Bonchev–Trinajstić information content (AvgIpc) is 2.30. The van der Waals surface area contributed by atoms with Gasteiger partial charge in [0.25, 0.3) is 5.91 Å². The van der Waals surface area contributed by atoms with Crippen molar-refractivity contribution in [2.75, 3.05) is 39.0 Å². The number of anilines is 1. The highest BCUT2D eigenvalue weighted by molar-refractivity contribution is 5.94. The van der Waals surface area contributed by atoms with Crippen LogP contribution in [-0.4, -0.2) is 49.5 Å². The third-order valence-electron chi connectivity index (χ3n) is 2.23. The normalized spacial score (nSPS) is 10.4. The number of rotatable bonds is 6. The Labute approximate surface area is 102 Å². The smallest absolute Gasteiger partial charge is 0.252 e. The summed E-state index contributed by atoms with van der Waals surface area (Å²) < 4.78 is 0. The molecule has 0 saturated heterocycles. The molecule has 0 aliphatic rings. The van der Waals surface area contributed by atoms with E-state index in [1.807, 2.05) is 32.0 Å². The molecule has 5 nitrogen and oxygen atoms in total. The molecule has 17 heavy (non-hydrogen) atoms. The Kier molecular flexibility index (Phi) is 5.42. The van der Waals surface area contributed by atoms with E-state index in [1.165, 1.54) is 0 Å². The van der Waals surface area contributed by atoms with Gasteiger partial charge in [-0.2, -0.15) is 0 Å². The van der Waals surface area contributed by atoms with Crippen LogP contribution in [0.2, 0.25) is 0 Å². The molecular weight excluding hydrogens is 216 g/mol. The maximum atomic E-state index is 11.7. The Bertz CT molecular complexity index is 348. The molecular formula is C12H20N4O. The predicted octanol–water partition coefficient (Wildman–Crippen LogP) is 0.805. The van der Waals surface area contributed by atoms with Crippen LogP contribution in [0.1, 0.15) is 17.3 Å². The minimum absolute atomic E-state index is 0.0811. The SMILES string of the molecule is CCNc1ccc(C(=O)NCCN(C)C)cn1. The Morgan fingerprint density at radius 1 is 1.41 bits per heavy atom. The van der Waals surface area contributed by atoms with Gasteiger partial charge in [-0.15, -0.1) is 0 Å². The van der Waals surface area contributed by atoms with Gasteiger partial charge in [-0.05, 0) is 33.2 Å². The summed E-state index contributed by atoms with van der Waals surface area (Å²) in [4.78, 5) is 17.9. The molecule has 1 amide bonds. The highest BCUT2D eigenvalue weighted by Crippen LogP contribution is 2.04. The van der Waals surface area contributed by atoms with Crippen LogP contribution in [0, 0.1) is 0 Å². The highest BCUT2D eigenvalue weighted by atomic mass is 16.1. The molecule has 0 radical (unpaired) electrons. The number of nitrogens with zero attached hydrogens (tertiary/aromatic N) is 2. The van der Waals surface area contributed by atoms with Crippen molar-refractivity contribution in [2.24, 2.45) is 0 Å². The Morgan fingerprint density at radius 3 is 2.71 bits per heavy atom. The minimum Gasteiger partial charge on any atom is -0.370 e. The standard InChI is InChI=1S/C12H20N4O/c1-4-13-11-6-5-10(9-15-11)12(17)14-7-8-16(2)3/h5-6,9H,4,7-8H2,1-3H3,(H,13,15)(H,14,17). The molecule has 0 unspecified atom stereocenters. The van der Waals surface area contributed by atoms with Gasteiger partial charge in [-0.3, -0.25) is 4.79 Å². The summed E-state index contributed by atoms with van der Waals surface area (Å²) in [6, 6.07) is 3.58. The van der Waals surface area contributed by atoms with E-state index in [0.717, 1.165) is 18.9 Å². The quantitative estimate of drug-likeness (QED) is 0.767. The fourth-order valence-electron chi connectivity index (χ4n) is 1.31.